The van der Waals surface area contributed by atoms with Crippen molar-refractivity contribution in [1.29, 1.82) is 0 Å². The molecule has 0 unspecified atom stereocenters. The maximum absolute atomic E-state index is 12.3. The predicted molar refractivity (Wildman–Crippen MR) is 70.7 cm³/mol. The monoisotopic (exact) mass is 274 g/mol. The summed E-state index contributed by atoms with van der Waals surface area (Å²) >= 11 is 0. The maximum Gasteiger partial charge on any atom is 0.415 e. The van der Waals surface area contributed by atoms with Crippen molar-refractivity contribution >= 4 is 0 Å². The van der Waals surface area contributed by atoms with Crippen molar-refractivity contribution in [2.45, 2.75) is 44.7 Å². The van der Waals surface area contributed by atoms with E-state index in [0.717, 1.165) is 12.5 Å². The molecule has 0 radical (unpaired) electrons. The highest BCUT2D eigenvalue weighted by atomic mass is 19.4. The lowest BCUT2D eigenvalue weighted by atomic mass is 9.87. The average Bonchev–Trinajstić information content (AvgIpc) is 2.37. The molecule has 4 heteroatoms. The van der Waals surface area contributed by atoms with Gasteiger partial charge in [-0.1, -0.05) is 50.8 Å². The number of hydrogen-bond donors (Lipinski definition) is 1. The van der Waals surface area contributed by atoms with Crippen LogP contribution >= 0.6 is 0 Å². The zero-order valence-corrected chi connectivity index (χ0v) is 11.0. The van der Waals surface area contributed by atoms with Crippen LogP contribution in [-0.2, 0) is 0 Å². The van der Waals surface area contributed by atoms with Gasteiger partial charge in [0, 0.05) is 5.57 Å². The molecule has 1 aliphatic carbocycles. The van der Waals surface area contributed by atoms with Crippen LogP contribution in [0.2, 0.25) is 0 Å². The molecular formula is C15H21F3O. The van der Waals surface area contributed by atoms with Gasteiger partial charge in [0.1, 0.15) is 0 Å². The van der Waals surface area contributed by atoms with Crippen LogP contribution < -0.4 is 0 Å². The molecular weight excluding hydrogens is 253 g/mol. The van der Waals surface area contributed by atoms with Crippen LogP contribution in [0.25, 0.3) is 0 Å². The summed E-state index contributed by atoms with van der Waals surface area (Å²) in [6, 6.07) is 0. The van der Waals surface area contributed by atoms with Crippen LogP contribution in [0.1, 0.15) is 38.5 Å². The zero-order valence-electron chi connectivity index (χ0n) is 11.0. The van der Waals surface area contributed by atoms with Crippen molar-refractivity contribution in [3.63, 3.8) is 0 Å². The van der Waals surface area contributed by atoms with E-state index < -0.39 is 18.4 Å². The van der Waals surface area contributed by atoms with Gasteiger partial charge in [-0.3, -0.25) is 0 Å². The molecule has 0 bridgehead atoms. The number of halogens is 3. The summed E-state index contributed by atoms with van der Waals surface area (Å²) in [5.74, 6) is 0.635. The standard InChI is InChI=1S/C15H21F3O/c1-12(15(16,17)18)10-14(11-19)9-5-8-13-6-3-2-4-7-13/h5,9-10,13,19H,1-4,6-8,11H2/b9-5-,14-10+. The molecule has 0 spiro atoms. The molecule has 0 heterocycles. The molecule has 0 saturated heterocycles. The largest absolute Gasteiger partial charge is 0.415 e. The molecule has 1 nitrogen and oxygen atoms in total. The highest BCUT2D eigenvalue weighted by Crippen LogP contribution is 2.27. The Morgan fingerprint density at radius 2 is 1.84 bits per heavy atom. The molecule has 1 rings (SSSR count). The third-order valence-electron chi connectivity index (χ3n) is 3.43. The molecule has 1 N–H and O–H groups in total. The lowest BCUT2D eigenvalue weighted by Gasteiger charge is -2.19. The third kappa shape index (κ3) is 6.10. The van der Waals surface area contributed by atoms with Crippen molar-refractivity contribution in [2.24, 2.45) is 5.92 Å². The number of allylic oxidation sites excluding steroid dienone is 3. The molecule has 0 aromatic rings. The lowest BCUT2D eigenvalue weighted by Crippen LogP contribution is -2.09. The smallest absolute Gasteiger partial charge is 0.392 e. The van der Waals surface area contributed by atoms with E-state index >= 15 is 0 Å². The van der Waals surface area contributed by atoms with Gasteiger partial charge in [0.15, 0.2) is 0 Å². The van der Waals surface area contributed by atoms with Crippen LogP contribution in [0.15, 0.2) is 36.0 Å². The van der Waals surface area contributed by atoms with Crippen molar-refractivity contribution in [1.82, 2.24) is 0 Å². The summed E-state index contributed by atoms with van der Waals surface area (Å²) in [6.45, 7) is 2.56. The Morgan fingerprint density at radius 3 is 2.37 bits per heavy atom. The molecule has 1 aliphatic rings. The molecule has 0 atom stereocenters. The number of alkyl halides is 3. The van der Waals surface area contributed by atoms with Gasteiger partial charge in [-0.2, -0.15) is 13.2 Å². The van der Waals surface area contributed by atoms with E-state index in [2.05, 4.69) is 6.58 Å². The Hall–Kier alpha value is -1.03. The van der Waals surface area contributed by atoms with Crippen LogP contribution in [0.4, 0.5) is 13.2 Å². The fourth-order valence-electron chi connectivity index (χ4n) is 2.29. The number of aliphatic hydroxyl groups is 1. The SMILES string of the molecule is C=C(/C=C(\C=C/CC1CCCCC1)CO)C(F)(F)F. The van der Waals surface area contributed by atoms with E-state index in [1.165, 1.54) is 32.1 Å². The summed E-state index contributed by atoms with van der Waals surface area (Å²) in [5.41, 5.74) is -0.683. The van der Waals surface area contributed by atoms with Crippen LogP contribution in [-0.4, -0.2) is 17.9 Å². The Morgan fingerprint density at radius 1 is 1.21 bits per heavy atom. The first-order valence-corrected chi connectivity index (χ1v) is 6.67. The second kappa shape index (κ2) is 7.53. The van der Waals surface area contributed by atoms with Crippen LogP contribution in [0, 0.1) is 5.92 Å². The first kappa shape index (κ1) is 16.0. The van der Waals surface area contributed by atoms with Gasteiger partial charge in [-0.15, -0.1) is 0 Å². The molecule has 1 saturated carbocycles. The Labute approximate surface area is 112 Å². The highest BCUT2D eigenvalue weighted by Gasteiger charge is 2.30. The molecule has 0 aliphatic heterocycles. The summed E-state index contributed by atoms with van der Waals surface area (Å²) in [5, 5.41) is 9.05. The second-order valence-electron chi connectivity index (χ2n) is 5.04. The van der Waals surface area contributed by atoms with Crippen molar-refractivity contribution in [3.05, 3.63) is 36.0 Å². The Kier molecular flexibility index (Phi) is 6.35. The molecule has 19 heavy (non-hydrogen) atoms. The van der Waals surface area contributed by atoms with Gasteiger partial charge in [-0.25, -0.2) is 0 Å². The number of aliphatic hydroxyl groups excluding tert-OH is 1. The van der Waals surface area contributed by atoms with Crippen molar-refractivity contribution in [2.75, 3.05) is 6.61 Å². The normalized spacial score (nSPS) is 19.1. The lowest BCUT2D eigenvalue weighted by molar-refractivity contribution is -0.0878. The van der Waals surface area contributed by atoms with Crippen LogP contribution in [0.3, 0.4) is 0 Å². The van der Waals surface area contributed by atoms with Crippen molar-refractivity contribution < 1.29 is 18.3 Å². The van der Waals surface area contributed by atoms with Gasteiger partial charge in [-0.05, 0) is 24.0 Å². The van der Waals surface area contributed by atoms with Gasteiger partial charge >= 0.3 is 6.18 Å². The van der Waals surface area contributed by atoms with Crippen molar-refractivity contribution in [3.8, 4) is 0 Å². The summed E-state index contributed by atoms with van der Waals surface area (Å²) in [6.07, 6.45) is 6.93. The van der Waals surface area contributed by atoms with Gasteiger partial charge in [0.2, 0.25) is 0 Å². The first-order valence-electron chi connectivity index (χ1n) is 6.67. The fourth-order valence-corrected chi connectivity index (χ4v) is 2.29. The molecule has 0 aromatic carbocycles. The topological polar surface area (TPSA) is 20.2 Å². The minimum atomic E-state index is -4.43. The summed E-state index contributed by atoms with van der Waals surface area (Å²) in [7, 11) is 0. The van der Waals surface area contributed by atoms with E-state index in [-0.39, 0.29) is 5.57 Å². The minimum Gasteiger partial charge on any atom is -0.392 e. The molecule has 0 amide bonds. The van der Waals surface area contributed by atoms with E-state index in [1.54, 1.807) is 6.08 Å². The summed E-state index contributed by atoms with van der Waals surface area (Å²) < 4.78 is 36.9. The zero-order chi connectivity index (χ0) is 14.3. The fraction of sp³-hybridized carbons (Fsp3) is 0.600. The van der Waals surface area contributed by atoms with E-state index in [1.807, 2.05) is 6.08 Å². The van der Waals surface area contributed by atoms with E-state index in [0.29, 0.717) is 5.92 Å². The van der Waals surface area contributed by atoms with E-state index in [4.69, 9.17) is 5.11 Å². The minimum absolute atomic E-state index is 0.248. The van der Waals surface area contributed by atoms with E-state index in [9.17, 15) is 13.2 Å². The third-order valence-corrected chi connectivity index (χ3v) is 3.43. The molecule has 1 fully saturated rings. The second-order valence-corrected chi connectivity index (χ2v) is 5.04. The van der Waals surface area contributed by atoms with Gasteiger partial charge in [0.25, 0.3) is 0 Å². The molecule has 108 valence electrons. The molecule has 0 aromatic heterocycles. The Bertz CT molecular complexity index is 347. The Balaban J connectivity index is 2.51. The summed E-state index contributed by atoms with van der Waals surface area (Å²) in [4.78, 5) is 0. The number of rotatable bonds is 5. The average molecular weight is 274 g/mol. The predicted octanol–water partition coefficient (Wildman–Crippen LogP) is 4.55. The quantitative estimate of drug-likeness (QED) is 0.729. The highest BCUT2D eigenvalue weighted by molar-refractivity contribution is 5.31. The van der Waals surface area contributed by atoms with Gasteiger partial charge < -0.3 is 5.11 Å². The van der Waals surface area contributed by atoms with Gasteiger partial charge in [0.05, 0.1) is 6.61 Å². The first-order chi connectivity index (χ1) is 8.93. The maximum atomic E-state index is 12.3. The van der Waals surface area contributed by atoms with Crippen LogP contribution in [0.5, 0.6) is 0 Å². The number of hydrogen-bond acceptors (Lipinski definition) is 1.